The fourth-order valence-corrected chi connectivity index (χ4v) is 2.64. The van der Waals surface area contributed by atoms with Gasteiger partial charge in [0.15, 0.2) is 0 Å². The van der Waals surface area contributed by atoms with Crippen molar-refractivity contribution in [3.05, 3.63) is 59.9 Å². The molecule has 0 saturated heterocycles. The fraction of sp³-hybridized carbons (Fsp3) is 0.350. The number of anilines is 1. The molecule has 0 fully saturated rings. The summed E-state index contributed by atoms with van der Waals surface area (Å²) in [4.78, 5) is 26.2. The molecule has 0 atom stereocenters. The number of nitrogens with zero attached hydrogens (tertiary/aromatic N) is 1. The highest BCUT2D eigenvalue weighted by Gasteiger charge is 2.11. The van der Waals surface area contributed by atoms with Gasteiger partial charge >= 0.3 is 5.91 Å². The van der Waals surface area contributed by atoms with Crippen LogP contribution in [0.4, 0.5) is 5.69 Å². The van der Waals surface area contributed by atoms with Crippen molar-refractivity contribution in [2.75, 3.05) is 5.32 Å². The molecule has 0 radical (unpaired) electrons. The second kappa shape index (κ2) is 11.0. The first kappa shape index (κ1) is 19.6. The molecule has 0 aliphatic rings. The van der Waals surface area contributed by atoms with Gasteiger partial charge in [-0.3, -0.25) is 19.8 Å². The summed E-state index contributed by atoms with van der Waals surface area (Å²) in [5.41, 5.74) is 4.88. The summed E-state index contributed by atoms with van der Waals surface area (Å²) in [6.07, 6.45) is 8.42. The third kappa shape index (κ3) is 7.03. The van der Waals surface area contributed by atoms with Gasteiger partial charge in [-0.25, -0.2) is 5.48 Å². The molecule has 3 N–H and O–H groups in total. The summed E-state index contributed by atoms with van der Waals surface area (Å²) in [6.45, 7) is 0.750. The van der Waals surface area contributed by atoms with Gasteiger partial charge in [0.25, 0.3) is 0 Å². The van der Waals surface area contributed by atoms with Crippen molar-refractivity contribution >= 4 is 17.4 Å². The molecule has 0 aliphatic heterocycles. The van der Waals surface area contributed by atoms with E-state index in [4.69, 9.17) is 5.21 Å². The Morgan fingerprint density at radius 2 is 1.73 bits per heavy atom. The third-order valence-electron chi connectivity index (χ3n) is 4.15. The predicted octanol–water partition coefficient (Wildman–Crippen LogP) is 3.26. The minimum Gasteiger partial charge on any atom is -0.381 e. The number of ketones is 1. The van der Waals surface area contributed by atoms with E-state index >= 15 is 0 Å². The number of Topliss-reactive ketones (excluding diaryl/α,β-unsaturated/α-hetero) is 1. The Bertz CT molecular complexity index is 687. The van der Waals surface area contributed by atoms with Crippen LogP contribution in [0.25, 0.3) is 0 Å². The smallest absolute Gasteiger partial charge is 0.310 e. The molecule has 0 unspecified atom stereocenters. The molecule has 1 aromatic carbocycles. The Hall–Kier alpha value is -2.73. The normalized spacial score (nSPS) is 10.3. The molecule has 2 rings (SSSR count). The van der Waals surface area contributed by atoms with Crippen LogP contribution in [0.5, 0.6) is 0 Å². The maximum atomic E-state index is 11.2. The van der Waals surface area contributed by atoms with E-state index in [1.165, 1.54) is 11.0 Å². The molecule has 1 heterocycles. The molecule has 26 heavy (non-hydrogen) atoms. The Morgan fingerprint density at radius 3 is 2.42 bits per heavy atom. The number of hydrogen-bond donors (Lipinski definition) is 3. The lowest BCUT2D eigenvalue weighted by atomic mass is 10.0. The molecule has 0 saturated carbocycles. The molecule has 2 aromatic rings. The lowest BCUT2D eigenvalue weighted by molar-refractivity contribution is -0.143. The molecule has 0 aliphatic carbocycles. The topological polar surface area (TPSA) is 91.3 Å². The second-order valence-corrected chi connectivity index (χ2v) is 6.19. The van der Waals surface area contributed by atoms with E-state index in [0.29, 0.717) is 6.42 Å². The van der Waals surface area contributed by atoms with E-state index < -0.39 is 11.7 Å². The first-order valence-corrected chi connectivity index (χ1v) is 8.88. The maximum Gasteiger partial charge on any atom is 0.310 e. The van der Waals surface area contributed by atoms with Crippen molar-refractivity contribution in [2.24, 2.45) is 0 Å². The number of amides is 1. The fourth-order valence-electron chi connectivity index (χ4n) is 2.64. The van der Waals surface area contributed by atoms with Crippen LogP contribution in [0.2, 0.25) is 0 Å². The molecule has 1 aromatic heterocycles. The number of rotatable bonds is 11. The van der Waals surface area contributed by atoms with E-state index in [9.17, 15) is 9.59 Å². The summed E-state index contributed by atoms with van der Waals surface area (Å²) in [5, 5.41) is 11.7. The van der Waals surface area contributed by atoms with Crippen molar-refractivity contribution in [3.63, 3.8) is 0 Å². The van der Waals surface area contributed by atoms with E-state index in [1.54, 1.807) is 6.20 Å². The molecule has 1 amide bonds. The summed E-state index contributed by atoms with van der Waals surface area (Å²) >= 11 is 0. The van der Waals surface area contributed by atoms with Gasteiger partial charge in [-0.2, -0.15) is 0 Å². The molecule has 0 spiro atoms. The SMILES string of the molecule is O=C(CCCCCCc1ccc(NCc2cccnc2)cc1)C(=O)NO. The van der Waals surface area contributed by atoms with E-state index in [-0.39, 0.29) is 6.42 Å². The zero-order chi connectivity index (χ0) is 18.6. The van der Waals surface area contributed by atoms with Gasteiger partial charge in [-0.1, -0.05) is 31.0 Å². The number of hydroxylamine groups is 1. The van der Waals surface area contributed by atoms with Crippen molar-refractivity contribution < 1.29 is 14.8 Å². The number of nitrogens with one attached hydrogen (secondary N) is 2. The number of carbonyl (C=O) groups excluding carboxylic acids is 2. The zero-order valence-electron chi connectivity index (χ0n) is 14.8. The summed E-state index contributed by atoms with van der Waals surface area (Å²) in [7, 11) is 0. The van der Waals surface area contributed by atoms with E-state index in [2.05, 4.69) is 34.6 Å². The first-order valence-electron chi connectivity index (χ1n) is 8.88. The second-order valence-electron chi connectivity index (χ2n) is 6.19. The van der Waals surface area contributed by atoms with Crippen LogP contribution in [0.15, 0.2) is 48.8 Å². The number of carbonyl (C=O) groups is 2. The number of aromatic nitrogens is 1. The van der Waals surface area contributed by atoms with Crippen LogP contribution >= 0.6 is 0 Å². The largest absolute Gasteiger partial charge is 0.381 e. The zero-order valence-corrected chi connectivity index (χ0v) is 14.8. The van der Waals surface area contributed by atoms with Crippen LogP contribution in [0.1, 0.15) is 43.2 Å². The van der Waals surface area contributed by atoms with Gasteiger partial charge in [-0.05, 0) is 48.6 Å². The summed E-state index contributed by atoms with van der Waals surface area (Å²) < 4.78 is 0. The van der Waals surface area contributed by atoms with Crippen LogP contribution in [-0.4, -0.2) is 21.9 Å². The average Bonchev–Trinajstić information content (AvgIpc) is 2.69. The summed E-state index contributed by atoms with van der Waals surface area (Å²) in [6, 6.07) is 12.4. The quantitative estimate of drug-likeness (QED) is 0.249. The minimum absolute atomic E-state index is 0.184. The number of hydrogen-bond acceptors (Lipinski definition) is 5. The predicted molar refractivity (Wildman–Crippen MR) is 99.7 cm³/mol. The van der Waals surface area contributed by atoms with Crippen molar-refractivity contribution in [2.45, 2.75) is 45.1 Å². The van der Waals surface area contributed by atoms with Gasteiger partial charge in [0, 0.05) is 31.0 Å². The van der Waals surface area contributed by atoms with Crippen LogP contribution in [-0.2, 0) is 22.6 Å². The molecular formula is C20H25N3O3. The van der Waals surface area contributed by atoms with Crippen molar-refractivity contribution in [1.29, 1.82) is 0 Å². The van der Waals surface area contributed by atoms with Gasteiger partial charge < -0.3 is 5.32 Å². The van der Waals surface area contributed by atoms with Crippen LogP contribution < -0.4 is 10.8 Å². The van der Waals surface area contributed by atoms with Gasteiger partial charge in [0.05, 0.1) is 0 Å². The Kier molecular flexibility index (Phi) is 8.29. The maximum absolute atomic E-state index is 11.2. The highest BCUT2D eigenvalue weighted by atomic mass is 16.5. The van der Waals surface area contributed by atoms with E-state index in [0.717, 1.165) is 43.5 Å². The third-order valence-corrected chi connectivity index (χ3v) is 4.15. The average molecular weight is 355 g/mol. The number of pyridine rings is 1. The number of unbranched alkanes of at least 4 members (excludes halogenated alkanes) is 3. The van der Waals surface area contributed by atoms with Gasteiger partial charge in [0.2, 0.25) is 5.78 Å². The van der Waals surface area contributed by atoms with Crippen LogP contribution in [0.3, 0.4) is 0 Å². The number of aryl methyl sites for hydroxylation is 1. The molecular weight excluding hydrogens is 330 g/mol. The Labute approximate surface area is 153 Å². The highest BCUT2D eigenvalue weighted by molar-refractivity contribution is 6.35. The molecule has 6 heteroatoms. The molecule has 6 nitrogen and oxygen atoms in total. The molecule has 0 bridgehead atoms. The molecule has 138 valence electrons. The summed E-state index contributed by atoms with van der Waals surface area (Å²) in [5.74, 6) is -1.50. The Balaban J connectivity index is 1.60. The highest BCUT2D eigenvalue weighted by Crippen LogP contribution is 2.14. The Morgan fingerprint density at radius 1 is 0.962 bits per heavy atom. The van der Waals surface area contributed by atoms with Crippen LogP contribution in [0, 0.1) is 0 Å². The van der Waals surface area contributed by atoms with Crippen molar-refractivity contribution in [3.8, 4) is 0 Å². The van der Waals surface area contributed by atoms with Crippen molar-refractivity contribution in [1.82, 2.24) is 10.5 Å². The number of benzene rings is 1. The first-order chi connectivity index (χ1) is 12.7. The lowest BCUT2D eigenvalue weighted by Crippen LogP contribution is -2.27. The minimum atomic E-state index is -0.928. The van der Waals surface area contributed by atoms with Gasteiger partial charge in [-0.15, -0.1) is 0 Å². The van der Waals surface area contributed by atoms with Gasteiger partial charge in [0.1, 0.15) is 0 Å². The standard InChI is InChI=1S/C20H25N3O3/c24-19(20(25)23-26)8-4-2-1-3-6-16-9-11-18(12-10-16)22-15-17-7-5-13-21-14-17/h5,7,9-14,22,26H,1-4,6,8,15H2,(H,23,25). The lowest BCUT2D eigenvalue weighted by Gasteiger charge is -2.07. The monoisotopic (exact) mass is 355 g/mol. The van der Waals surface area contributed by atoms with E-state index in [1.807, 2.05) is 18.3 Å².